The minimum Gasteiger partial charge on any atom is -0.492 e. The first kappa shape index (κ1) is 10.7. The molecule has 0 saturated carbocycles. The maximum absolute atomic E-state index is 10.9. The highest BCUT2D eigenvalue weighted by atomic mass is 32.1. The van der Waals surface area contributed by atoms with Gasteiger partial charge in [-0.15, -0.1) is 5.10 Å². The second kappa shape index (κ2) is 3.63. The first-order valence-corrected chi connectivity index (χ1v) is 4.97. The van der Waals surface area contributed by atoms with Gasteiger partial charge in [-0.25, -0.2) is 9.78 Å². The van der Waals surface area contributed by atoms with Gasteiger partial charge in [0.15, 0.2) is 5.82 Å². The molecule has 0 spiro atoms. The van der Waals surface area contributed by atoms with Gasteiger partial charge in [-0.2, -0.15) is 22.1 Å². The predicted molar refractivity (Wildman–Crippen MR) is 56.8 cm³/mol. The lowest BCUT2D eigenvalue weighted by Crippen LogP contribution is -2.07. The monoisotopic (exact) mass is 240 g/mol. The largest absolute Gasteiger partial charge is 0.492 e. The van der Waals surface area contributed by atoms with Crippen LogP contribution in [-0.2, 0) is 5.75 Å². The molecule has 7 nitrogen and oxygen atoms in total. The summed E-state index contributed by atoms with van der Waals surface area (Å²) in [5, 5.41) is 22.5. The van der Waals surface area contributed by atoms with Crippen LogP contribution in [0.2, 0.25) is 0 Å². The van der Waals surface area contributed by atoms with Crippen LogP contribution in [0.1, 0.15) is 21.9 Å². The van der Waals surface area contributed by atoms with Crippen molar-refractivity contribution in [1.29, 1.82) is 0 Å². The van der Waals surface area contributed by atoms with E-state index in [9.17, 15) is 9.90 Å². The number of aromatic carboxylic acids is 1. The fourth-order valence-electron chi connectivity index (χ4n) is 1.35. The third kappa shape index (κ3) is 1.47. The smallest absolute Gasteiger partial charge is 0.343 e. The van der Waals surface area contributed by atoms with Gasteiger partial charge in [0, 0.05) is 0 Å². The fourth-order valence-corrected chi connectivity index (χ4v) is 1.48. The second-order valence-corrected chi connectivity index (χ2v) is 3.42. The number of carboxylic acids is 1. The first-order chi connectivity index (χ1) is 7.54. The Kier molecular flexibility index (Phi) is 2.43. The summed E-state index contributed by atoms with van der Waals surface area (Å²) in [6.45, 7) is 1.48. The van der Waals surface area contributed by atoms with Gasteiger partial charge >= 0.3 is 5.97 Å². The molecule has 0 amide bonds. The lowest BCUT2D eigenvalue weighted by Gasteiger charge is -2.03. The fraction of sp³-hybridized carbons (Fsp3) is 0.250. The molecule has 8 heteroatoms. The average molecular weight is 240 g/mol. The Morgan fingerprint density at radius 3 is 2.75 bits per heavy atom. The molecule has 0 aromatic carbocycles. The van der Waals surface area contributed by atoms with Crippen molar-refractivity contribution in [3.63, 3.8) is 0 Å². The molecule has 2 N–H and O–H groups in total. The number of hydrogen-bond donors (Lipinski definition) is 3. The van der Waals surface area contributed by atoms with Crippen molar-refractivity contribution in [3.05, 3.63) is 17.1 Å². The normalized spacial score (nSPS) is 10.9. The zero-order chi connectivity index (χ0) is 11.9. The van der Waals surface area contributed by atoms with E-state index >= 15 is 0 Å². The molecule has 0 radical (unpaired) electrons. The molecule has 0 unspecified atom stereocenters. The molecule has 0 bridgehead atoms. The van der Waals surface area contributed by atoms with Gasteiger partial charge in [0.25, 0.3) is 5.78 Å². The van der Waals surface area contributed by atoms with Gasteiger partial charge in [-0.3, -0.25) is 0 Å². The number of aryl methyl sites for hydroxylation is 1. The van der Waals surface area contributed by atoms with Gasteiger partial charge in [0.1, 0.15) is 5.56 Å². The quantitative estimate of drug-likeness (QED) is 0.651. The molecule has 2 aromatic heterocycles. The van der Waals surface area contributed by atoms with Crippen LogP contribution >= 0.6 is 12.6 Å². The van der Waals surface area contributed by atoms with Crippen LogP contribution in [0.15, 0.2) is 0 Å². The van der Waals surface area contributed by atoms with Gasteiger partial charge in [0.2, 0.25) is 5.88 Å². The Balaban J connectivity index is 2.81. The molecule has 2 aromatic rings. The molecule has 84 valence electrons. The lowest BCUT2D eigenvalue weighted by atomic mass is 10.2. The Labute approximate surface area is 95.2 Å². The molecule has 0 aliphatic rings. The number of rotatable bonds is 2. The number of aromatic hydroxyl groups is 1. The first-order valence-electron chi connectivity index (χ1n) is 4.34. The summed E-state index contributed by atoms with van der Waals surface area (Å²) in [6, 6.07) is 0. The number of aromatic nitrogens is 4. The molecule has 0 saturated heterocycles. The second-order valence-electron chi connectivity index (χ2n) is 3.10. The molecule has 2 heterocycles. The maximum atomic E-state index is 10.9. The number of carbonyl (C=O) groups is 1. The van der Waals surface area contributed by atoms with Crippen molar-refractivity contribution in [2.75, 3.05) is 0 Å². The zero-order valence-electron chi connectivity index (χ0n) is 8.25. The van der Waals surface area contributed by atoms with E-state index in [0.29, 0.717) is 5.82 Å². The van der Waals surface area contributed by atoms with Crippen molar-refractivity contribution in [3.8, 4) is 5.88 Å². The maximum Gasteiger partial charge on any atom is 0.343 e. The highest BCUT2D eigenvalue weighted by Crippen LogP contribution is 2.20. The Hall–Kier alpha value is -1.83. The molecule has 0 atom stereocenters. The minimum atomic E-state index is -1.26. The van der Waals surface area contributed by atoms with E-state index in [1.807, 2.05) is 0 Å². The summed E-state index contributed by atoms with van der Waals surface area (Å²) < 4.78 is 0.988. The van der Waals surface area contributed by atoms with E-state index in [1.165, 1.54) is 6.92 Å². The van der Waals surface area contributed by atoms with E-state index < -0.39 is 11.8 Å². The number of fused-ring (bicyclic) bond motifs is 1. The highest BCUT2D eigenvalue weighted by Gasteiger charge is 2.20. The van der Waals surface area contributed by atoms with Crippen molar-refractivity contribution < 1.29 is 15.0 Å². The molecule has 0 aliphatic heterocycles. The van der Waals surface area contributed by atoms with Crippen LogP contribution in [0.5, 0.6) is 5.88 Å². The van der Waals surface area contributed by atoms with Gasteiger partial charge < -0.3 is 10.2 Å². The summed E-state index contributed by atoms with van der Waals surface area (Å²) >= 11 is 3.98. The van der Waals surface area contributed by atoms with Crippen LogP contribution in [0.25, 0.3) is 5.78 Å². The van der Waals surface area contributed by atoms with Crippen molar-refractivity contribution in [2.45, 2.75) is 12.7 Å². The van der Waals surface area contributed by atoms with E-state index in [0.717, 1.165) is 4.52 Å². The lowest BCUT2D eigenvalue weighted by molar-refractivity contribution is 0.0691. The Bertz CT molecular complexity index is 580. The van der Waals surface area contributed by atoms with Crippen LogP contribution in [0.3, 0.4) is 0 Å². The van der Waals surface area contributed by atoms with Gasteiger partial charge in [0.05, 0.1) is 11.4 Å². The number of nitrogens with zero attached hydrogens (tertiary/aromatic N) is 4. The number of thiol groups is 1. The number of carboxylic acid groups (broad SMARTS) is 1. The molecule has 16 heavy (non-hydrogen) atoms. The third-order valence-electron chi connectivity index (χ3n) is 2.04. The molecular formula is C8H8N4O3S. The SMILES string of the molecule is Cc1nc2nc(CS)nn2c(O)c1C(=O)O. The van der Waals surface area contributed by atoms with Gasteiger partial charge in [-0.05, 0) is 6.92 Å². The number of hydrogen-bond acceptors (Lipinski definition) is 6. The van der Waals surface area contributed by atoms with Crippen LogP contribution < -0.4 is 0 Å². The standard InChI is InChI=1S/C8H8N4O3S/c1-3-5(7(14)15)6(13)12-8(9-3)10-4(2-16)11-12/h13,16H,2H2,1H3,(H,14,15). The summed E-state index contributed by atoms with van der Waals surface area (Å²) in [5.41, 5.74) is -0.0845. The summed E-state index contributed by atoms with van der Waals surface area (Å²) in [5.74, 6) is -0.926. The molecule has 2 rings (SSSR count). The minimum absolute atomic E-state index is 0.157. The topological polar surface area (TPSA) is 101 Å². The summed E-state index contributed by atoms with van der Waals surface area (Å²) in [6.07, 6.45) is 0. The van der Waals surface area contributed by atoms with E-state index in [4.69, 9.17) is 5.11 Å². The van der Waals surface area contributed by atoms with Crippen molar-refractivity contribution >= 4 is 24.4 Å². The van der Waals surface area contributed by atoms with Crippen molar-refractivity contribution in [2.24, 2.45) is 0 Å². The van der Waals surface area contributed by atoms with Crippen LogP contribution in [0.4, 0.5) is 0 Å². The third-order valence-corrected chi connectivity index (χ3v) is 2.33. The Morgan fingerprint density at radius 2 is 2.19 bits per heavy atom. The van der Waals surface area contributed by atoms with E-state index in [1.54, 1.807) is 0 Å². The van der Waals surface area contributed by atoms with Crippen LogP contribution in [-0.4, -0.2) is 35.8 Å². The molecular weight excluding hydrogens is 232 g/mol. The average Bonchev–Trinajstić information content (AvgIpc) is 2.60. The highest BCUT2D eigenvalue weighted by molar-refractivity contribution is 7.79. The van der Waals surface area contributed by atoms with E-state index in [2.05, 4.69) is 27.7 Å². The van der Waals surface area contributed by atoms with Crippen molar-refractivity contribution in [1.82, 2.24) is 19.6 Å². The molecule has 0 aliphatic carbocycles. The van der Waals surface area contributed by atoms with Crippen LogP contribution in [0, 0.1) is 6.92 Å². The summed E-state index contributed by atoms with van der Waals surface area (Å²) in [4.78, 5) is 18.8. The summed E-state index contributed by atoms with van der Waals surface area (Å²) in [7, 11) is 0. The van der Waals surface area contributed by atoms with E-state index in [-0.39, 0.29) is 22.8 Å². The predicted octanol–water partition coefficient (Wildman–Crippen LogP) is 0.266. The molecule has 0 fully saturated rings. The van der Waals surface area contributed by atoms with Gasteiger partial charge in [-0.1, -0.05) is 0 Å². The zero-order valence-corrected chi connectivity index (χ0v) is 9.14. The Morgan fingerprint density at radius 1 is 1.50 bits per heavy atom.